The lowest BCUT2D eigenvalue weighted by atomic mass is 9.43. The van der Waals surface area contributed by atoms with E-state index in [2.05, 4.69) is 138 Å². The number of fused-ring (bicyclic) bond motifs is 5. The van der Waals surface area contributed by atoms with Crippen LogP contribution in [0, 0.1) is 18.3 Å². The smallest absolute Gasteiger partial charge is 0.333 e. The van der Waals surface area contributed by atoms with Gasteiger partial charge in [-0.3, -0.25) is 0 Å². The summed E-state index contributed by atoms with van der Waals surface area (Å²) in [5, 5.41) is 14.7. The molecule has 0 amide bonds. The van der Waals surface area contributed by atoms with Gasteiger partial charge in [0.05, 0.1) is 22.7 Å². The molecule has 0 bridgehead atoms. The summed E-state index contributed by atoms with van der Waals surface area (Å²) >= 11 is 0. The average Bonchev–Trinajstić information content (AvgIpc) is 3.44. The van der Waals surface area contributed by atoms with E-state index >= 15 is 0 Å². The maximum absolute atomic E-state index is 9.50. The van der Waals surface area contributed by atoms with E-state index in [1.54, 1.807) is 0 Å². The van der Waals surface area contributed by atoms with Gasteiger partial charge in [-0.25, -0.2) is 0 Å². The fourth-order valence-corrected chi connectivity index (χ4v) is 8.15. The normalized spacial score (nSPS) is 13.0. The minimum absolute atomic E-state index is 0.00577. The SMILES string of the molecule is Cc1c(-c2ccc(C#N)cc2)cc2c3c1-c1ccccc1N(c1ccccc1)B3c1ccc3ccc4cccc5c4c3c1n5-2. The number of aromatic nitrogens is 1. The predicted octanol–water partition coefficient (Wildman–Crippen LogP) is 8.46. The monoisotopic (exact) mass is 557 g/mol. The molecule has 3 heterocycles. The minimum atomic E-state index is 0.00577. The van der Waals surface area contributed by atoms with Crippen LogP contribution in [0.4, 0.5) is 11.4 Å². The van der Waals surface area contributed by atoms with Crippen LogP contribution in [0.15, 0.2) is 127 Å². The molecule has 0 saturated carbocycles. The van der Waals surface area contributed by atoms with Crippen LogP contribution in [0.1, 0.15) is 11.1 Å². The van der Waals surface area contributed by atoms with Crippen LogP contribution >= 0.6 is 0 Å². The first-order valence-corrected chi connectivity index (χ1v) is 15.1. The van der Waals surface area contributed by atoms with Gasteiger partial charge in [-0.15, -0.1) is 0 Å². The molecule has 4 heteroatoms. The second-order valence-electron chi connectivity index (χ2n) is 12.0. The number of benzene rings is 7. The summed E-state index contributed by atoms with van der Waals surface area (Å²) in [5.74, 6) is 0. The topological polar surface area (TPSA) is 32.0 Å². The van der Waals surface area contributed by atoms with E-state index in [1.165, 1.54) is 82.8 Å². The number of nitrogens with zero attached hydrogens (tertiary/aromatic N) is 3. The van der Waals surface area contributed by atoms with E-state index in [1.807, 2.05) is 12.1 Å². The Morgan fingerprint density at radius 2 is 1.41 bits per heavy atom. The highest BCUT2D eigenvalue weighted by molar-refractivity contribution is 6.93. The van der Waals surface area contributed by atoms with Gasteiger partial charge in [0.25, 0.3) is 0 Å². The number of hydrogen-bond acceptors (Lipinski definition) is 2. The lowest BCUT2D eigenvalue weighted by molar-refractivity contribution is 1.18. The van der Waals surface area contributed by atoms with Crippen molar-refractivity contribution in [2.24, 2.45) is 0 Å². The van der Waals surface area contributed by atoms with Crippen molar-refractivity contribution in [2.45, 2.75) is 6.92 Å². The fraction of sp³-hybridized carbons (Fsp3) is 0.0250. The minimum Gasteiger partial charge on any atom is -0.376 e. The summed E-state index contributed by atoms with van der Waals surface area (Å²) in [6.45, 7) is 2.28. The van der Waals surface area contributed by atoms with Gasteiger partial charge in [0.2, 0.25) is 0 Å². The van der Waals surface area contributed by atoms with Crippen LogP contribution in [-0.2, 0) is 0 Å². The summed E-state index contributed by atoms with van der Waals surface area (Å²) in [6, 6.07) is 48.4. The van der Waals surface area contributed by atoms with E-state index in [-0.39, 0.29) is 6.85 Å². The summed E-state index contributed by atoms with van der Waals surface area (Å²) in [5.41, 5.74) is 15.7. The molecule has 0 saturated heterocycles. The molecule has 0 radical (unpaired) electrons. The van der Waals surface area contributed by atoms with Crippen LogP contribution in [-0.4, -0.2) is 11.4 Å². The van der Waals surface area contributed by atoms with Gasteiger partial charge in [-0.2, -0.15) is 5.26 Å². The Labute approximate surface area is 255 Å². The third-order valence-electron chi connectivity index (χ3n) is 9.94. The van der Waals surface area contributed by atoms with Crippen molar-refractivity contribution in [2.75, 3.05) is 4.81 Å². The highest BCUT2D eigenvalue weighted by Crippen LogP contribution is 2.48. The largest absolute Gasteiger partial charge is 0.376 e. The van der Waals surface area contributed by atoms with Crippen molar-refractivity contribution in [1.82, 2.24) is 4.57 Å². The zero-order valence-corrected chi connectivity index (χ0v) is 24.0. The second-order valence-corrected chi connectivity index (χ2v) is 12.0. The molecule has 0 spiro atoms. The lowest BCUT2D eigenvalue weighted by Gasteiger charge is -2.43. The van der Waals surface area contributed by atoms with E-state index in [0.29, 0.717) is 5.56 Å². The van der Waals surface area contributed by atoms with Gasteiger partial charge in [0.15, 0.2) is 0 Å². The van der Waals surface area contributed by atoms with Crippen LogP contribution in [0.2, 0.25) is 0 Å². The maximum Gasteiger partial charge on any atom is 0.333 e. The van der Waals surface area contributed by atoms with Crippen molar-refractivity contribution < 1.29 is 0 Å². The standard InChI is InChI=1S/C40H24BN3/c1-24-31(26-16-14-25(23-42)15-17-26)22-35-39-36(24)30-11-5-6-12-33(30)44(29-9-3-2-4-10-29)41(39)32-21-20-28-19-18-27-8-7-13-34-37(27)38(28)40(32)43(34)35/h2-22H,1H3. The first-order chi connectivity index (χ1) is 21.7. The maximum atomic E-state index is 9.50. The Morgan fingerprint density at radius 1 is 0.659 bits per heavy atom. The number of para-hydroxylation sites is 2. The van der Waals surface area contributed by atoms with Gasteiger partial charge in [0.1, 0.15) is 0 Å². The van der Waals surface area contributed by atoms with Crippen molar-refractivity contribution in [3.8, 4) is 34.0 Å². The van der Waals surface area contributed by atoms with Crippen LogP contribution < -0.4 is 15.7 Å². The molecule has 0 aliphatic carbocycles. The molecule has 2 aliphatic rings. The van der Waals surface area contributed by atoms with Crippen molar-refractivity contribution in [3.05, 3.63) is 139 Å². The molecule has 0 atom stereocenters. The highest BCUT2D eigenvalue weighted by atomic mass is 15.1. The van der Waals surface area contributed by atoms with E-state index < -0.39 is 0 Å². The molecule has 0 unspecified atom stereocenters. The average molecular weight is 557 g/mol. The summed E-state index contributed by atoms with van der Waals surface area (Å²) < 4.78 is 2.54. The molecule has 7 aromatic carbocycles. The summed E-state index contributed by atoms with van der Waals surface area (Å²) in [4.78, 5) is 2.56. The molecule has 44 heavy (non-hydrogen) atoms. The first kappa shape index (κ1) is 23.7. The number of hydrogen-bond donors (Lipinski definition) is 0. The molecular formula is C40H24BN3. The molecular weight excluding hydrogens is 533 g/mol. The predicted molar refractivity (Wildman–Crippen MR) is 183 cm³/mol. The lowest BCUT2D eigenvalue weighted by Crippen LogP contribution is -2.60. The van der Waals surface area contributed by atoms with E-state index in [4.69, 9.17) is 0 Å². The fourth-order valence-electron chi connectivity index (χ4n) is 8.15. The van der Waals surface area contributed by atoms with Crippen LogP contribution in [0.3, 0.4) is 0 Å². The Kier molecular flexibility index (Phi) is 4.53. The highest BCUT2D eigenvalue weighted by Gasteiger charge is 2.44. The third-order valence-corrected chi connectivity index (χ3v) is 9.94. The van der Waals surface area contributed by atoms with Crippen molar-refractivity contribution in [3.63, 3.8) is 0 Å². The van der Waals surface area contributed by atoms with Crippen molar-refractivity contribution in [1.29, 1.82) is 5.26 Å². The Hall–Kier alpha value is -5.79. The first-order valence-electron chi connectivity index (χ1n) is 15.1. The molecule has 8 aromatic rings. The Morgan fingerprint density at radius 3 is 2.23 bits per heavy atom. The van der Waals surface area contributed by atoms with Gasteiger partial charge in [-0.05, 0) is 93.3 Å². The van der Waals surface area contributed by atoms with Gasteiger partial charge in [-0.1, -0.05) is 84.9 Å². The zero-order chi connectivity index (χ0) is 29.1. The van der Waals surface area contributed by atoms with Gasteiger partial charge >= 0.3 is 6.85 Å². The zero-order valence-electron chi connectivity index (χ0n) is 24.0. The third kappa shape index (κ3) is 2.86. The summed E-state index contributed by atoms with van der Waals surface area (Å²) in [7, 11) is 0. The number of rotatable bonds is 2. The molecule has 202 valence electrons. The second kappa shape index (κ2) is 8.40. The van der Waals surface area contributed by atoms with Crippen LogP contribution in [0.25, 0.3) is 60.5 Å². The number of anilines is 2. The van der Waals surface area contributed by atoms with E-state index in [0.717, 1.165) is 5.56 Å². The molecule has 1 aromatic heterocycles. The molecule has 2 aliphatic heterocycles. The van der Waals surface area contributed by atoms with Gasteiger partial charge < -0.3 is 9.38 Å². The molecule has 0 N–H and O–H groups in total. The van der Waals surface area contributed by atoms with Crippen LogP contribution in [0.5, 0.6) is 0 Å². The van der Waals surface area contributed by atoms with Crippen molar-refractivity contribution >= 4 is 61.7 Å². The molecule has 10 rings (SSSR count). The summed E-state index contributed by atoms with van der Waals surface area (Å²) in [6.07, 6.45) is 0. The number of nitriles is 1. The quantitative estimate of drug-likeness (QED) is 0.158. The van der Waals surface area contributed by atoms with Gasteiger partial charge in [0, 0.05) is 33.4 Å². The Balaban J connectivity index is 1.43. The van der Waals surface area contributed by atoms with E-state index in [9.17, 15) is 5.26 Å². The molecule has 3 nitrogen and oxygen atoms in total. The Bertz CT molecular complexity index is 2520. The molecule has 0 fully saturated rings.